The van der Waals surface area contributed by atoms with Crippen molar-refractivity contribution in [2.45, 2.75) is 19.4 Å². The van der Waals surface area contributed by atoms with E-state index in [1.165, 1.54) is 0 Å². The molecule has 1 N–H and O–H groups in total. The van der Waals surface area contributed by atoms with Crippen molar-refractivity contribution < 1.29 is 9.21 Å². The third kappa shape index (κ3) is 2.64. The molecule has 0 bridgehead atoms. The number of nitrogens with one attached hydrogen (secondary N) is 1. The summed E-state index contributed by atoms with van der Waals surface area (Å²) in [4.78, 5) is 13.8. The molecule has 1 aromatic heterocycles. The minimum absolute atomic E-state index is 0.182. The Hall–Kier alpha value is -1.29. The highest BCUT2D eigenvalue weighted by atomic mass is 16.3. The summed E-state index contributed by atoms with van der Waals surface area (Å²) in [6, 6.07) is 3.74. The normalized spacial score (nSPS) is 17.3. The van der Waals surface area contributed by atoms with Crippen LogP contribution in [0.4, 0.5) is 0 Å². The molecule has 4 heteroatoms. The van der Waals surface area contributed by atoms with Crippen LogP contribution in [0.1, 0.15) is 18.6 Å². The van der Waals surface area contributed by atoms with Gasteiger partial charge in [-0.05, 0) is 38.1 Å². The predicted octanol–water partition coefficient (Wildman–Crippen LogP) is 1.24. The Bertz CT molecular complexity index is 329. The van der Waals surface area contributed by atoms with Crippen LogP contribution >= 0.6 is 0 Å². The number of rotatable bonds is 3. The molecule has 0 radical (unpaired) electrons. The Morgan fingerprint density at radius 1 is 1.56 bits per heavy atom. The molecule has 16 heavy (non-hydrogen) atoms. The van der Waals surface area contributed by atoms with Gasteiger partial charge in [-0.25, -0.2) is 0 Å². The van der Waals surface area contributed by atoms with E-state index in [4.69, 9.17) is 4.42 Å². The van der Waals surface area contributed by atoms with Gasteiger partial charge in [-0.15, -0.1) is 0 Å². The summed E-state index contributed by atoms with van der Waals surface area (Å²) in [5.41, 5.74) is 0. The first-order valence-electron chi connectivity index (χ1n) is 5.75. The Kier molecular flexibility index (Phi) is 3.62. The molecule has 0 saturated carbocycles. The van der Waals surface area contributed by atoms with Gasteiger partial charge in [-0.1, -0.05) is 0 Å². The molecule has 2 rings (SSSR count). The molecule has 1 aromatic rings. The van der Waals surface area contributed by atoms with E-state index in [1.54, 1.807) is 11.2 Å². The first-order chi connectivity index (χ1) is 7.77. The van der Waals surface area contributed by atoms with Crippen molar-refractivity contribution >= 4 is 5.91 Å². The minimum atomic E-state index is 0.182. The number of nitrogens with zero attached hydrogens (tertiary/aromatic N) is 1. The van der Waals surface area contributed by atoms with Gasteiger partial charge in [-0.2, -0.15) is 0 Å². The monoisotopic (exact) mass is 222 g/mol. The van der Waals surface area contributed by atoms with E-state index in [0.717, 1.165) is 31.7 Å². The molecule has 4 nitrogen and oxygen atoms in total. The lowest BCUT2D eigenvalue weighted by molar-refractivity contribution is -0.135. The van der Waals surface area contributed by atoms with Gasteiger partial charge in [-0.3, -0.25) is 4.79 Å². The second-order valence-electron chi connectivity index (χ2n) is 4.30. The number of furan rings is 1. The second-order valence-corrected chi connectivity index (χ2v) is 4.30. The second kappa shape index (κ2) is 5.16. The molecule has 0 aromatic carbocycles. The molecule has 88 valence electrons. The van der Waals surface area contributed by atoms with Crippen molar-refractivity contribution in [1.82, 2.24) is 10.2 Å². The number of carbonyl (C=O) groups is 1. The maximum absolute atomic E-state index is 12.1. The Labute approximate surface area is 95.6 Å². The van der Waals surface area contributed by atoms with Crippen LogP contribution < -0.4 is 5.32 Å². The van der Waals surface area contributed by atoms with Crippen LogP contribution in [-0.2, 0) is 11.3 Å². The smallest absolute Gasteiger partial charge is 0.225 e. The topological polar surface area (TPSA) is 45.5 Å². The van der Waals surface area contributed by atoms with Crippen molar-refractivity contribution in [3.05, 3.63) is 24.2 Å². The summed E-state index contributed by atoms with van der Waals surface area (Å²) in [6.07, 6.45) is 3.53. The van der Waals surface area contributed by atoms with Gasteiger partial charge in [0.2, 0.25) is 5.91 Å². The summed E-state index contributed by atoms with van der Waals surface area (Å²) in [7, 11) is 1.84. The summed E-state index contributed by atoms with van der Waals surface area (Å²) < 4.78 is 5.24. The number of hydrogen-bond donors (Lipinski definition) is 1. The van der Waals surface area contributed by atoms with Crippen LogP contribution in [0.2, 0.25) is 0 Å². The third-order valence-corrected chi connectivity index (χ3v) is 3.04. The molecular formula is C12H18N2O2. The van der Waals surface area contributed by atoms with Gasteiger partial charge in [0.15, 0.2) is 0 Å². The van der Waals surface area contributed by atoms with Gasteiger partial charge in [0.25, 0.3) is 0 Å². The highest BCUT2D eigenvalue weighted by Crippen LogP contribution is 2.15. The lowest BCUT2D eigenvalue weighted by atomic mass is 9.97. The number of piperidine rings is 1. The predicted molar refractivity (Wildman–Crippen MR) is 60.8 cm³/mol. The Morgan fingerprint density at radius 3 is 2.94 bits per heavy atom. The maximum Gasteiger partial charge on any atom is 0.225 e. The zero-order valence-electron chi connectivity index (χ0n) is 9.61. The lowest BCUT2D eigenvalue weighted by Crippen LogP contribution is -2.38. The molecule has 0 aliphatic carbocycles. The first-order valence-corrected chi connectivity index (χ1v) is 5.75. The molecule has 1 amide bonds. The first kappa shape index (κ1) is 11.2. The molecule has 1 saturated heterocycles. The van der Waals surface area contributed by atoms with Gasteiger partial charge in [0, 0.05) is 13.0 Å². The van der Waals surface area contributed by atoms with Crippen LogP contribution in [0.5, 0.6) is 0 Å². The molecule has 0 unspecified atom stereocenters. The van der Waals surface area contributed by atoms with Gasteiger partial charge >= 0.3 is 0 Å². The SMILES string of the molecule is CN(Cc1ccco1)C(=O)C1CCNCC1. The molecule has 2 heterocycles. The van der Waals surface area contributed by atoms with E-state index in [1.807, 2.05) is 19.2 Å². The minimum Gasteiger partial charge on any atom is -0.467 e. The number of hydrogen-bond acceptors (Lipinski definition) is 3. The Morgan fingerprint density at radius 2 is 2.31 bits per heavy atom. The van der Waals surface area contributed by atoms with E-state index in [0.29, 0.717) is 6.54 Å². The summed E-state index contributed by atoms with van der Waals surface area (Å²) in [6.45, 7) is 2.46. The molecule has 1 fully saturated rings. The quantitative estimate of drug-likeness (QED) is 0.837. The molecule has 1 aliphatic heterocycles. The van der Waals surface area contributed by atoms with Gasteiger partial charge in [0.1, 0.15) is 5.76 Å². The largest absolute Gasteiger partial charge is 0.467 e. The average molecular weight is 222 g/mol. The molecule has 1 aliphatic rings. The summed E-state index contributed by atoms with van der Waals surface area (Å²) in [5, 5.41) is 3.26. The standard InChI is InChI=1S/C12H18N2O2/c1-14(9-11-3-2-8-16-11)12(15)10-4-6-13-7-5-10/h2-3,8,10,13H,4-7,9H2,1H3. The van der Waals surface area contributed by atoms with Gasteiger partial charge < -0.3 is 14.6 Å². The number of amides is 1. The molecule has 0 spiro atoms. The zero-order chi connectivity index (χ0) is 11.4. The summed E-state index contributed by atoms with van der Waals surface area (Å²) >= 11 is 0. The fourth-order valence-corrected chi connectivity index (χ4v) is 2.09. The van der Waals surface area contributed by atoms with Crippen LogP contribution in [0.25, 0.3) is 0 Å². The molecular weight excluding hydrogens is 204 g/mol. The van der Waals surface area contributed by atoms with Crippen LogP contribution in [0, 0.1) is 5.92 Å². The number of carbonyl (C=O) groups excluding carboxylic acids is 1. The third-order valence-electron chi connectivity index (χ3n) is 3.04. The van der Waals surface area contributed by atoms with E-state index < -0.39 is 0 Å². The van der Waals surface area contributed by atoms with Crippen LogP contribution in [0.15, 0.2) is 22.8 Å². The van der Waals surface area contributed by atoms with Crippen molar-refractivity contribution in [1.29, 1.82) is 0 Å². The maximum atomic E-state index is 12.1. The van der Waals surface area contributed by atoms with E-state index in [2.05, 4.69) is 5.32 Å². The fraction of sp³-hybridized carbons (Fsp3) is 0.583. The van der Waals surface area contributed by atoms with Crippen LogP contribution in [-0.4, -0.2) is 30.9 Å². The van der Waals surface area contributed by atoms with Crippen molar-refractivity contribution in [3.8, 4) is 0 Å². The highest BCUT2D eigenvalue weighted by Gasteiger charge is 2.24. The van der Waals surface area contributed by atoms with Crippen molar-refractivity contribution in [2.24, 2.45) is 5.92 Å². The van der Waals surface area contributed by atoms with Crippen LogP contribution in [0.3, 0.4) is 0 Å². The molecule has 0 atom stereocenters. The van der Waals surface area contributed by atoms with Crippen molar-refractivity contribution in [2.75, 3.05) is 20.1 Å². The lowest BCUT2D eigenvalue weighted by Gasteiger charge is -2.26. The van der Waals surface area contributed by atoms with Crippen molar-refractivity contribution in [3.63, 3.8) is 0 Å². The summed E-state index contributed by atoms with van der Waals surface area (Å²) in [5.74, 6) is 1.25. The van der Waals surface area contributed by atoms with E-state index in [9.17, 15) is 4.79 Å². The Balaban J connectivity index is 1.88. The van der Waals surface area contributed by atoms with E-state index in [-0.39, 0.29) is 11.8 Å². The zero-order valence-corrected chi connectivity index (χ0v) is 9.61. The van der Waals surface area contributed by atoms with Gasteiger partial charge in [0.05, 0.1) is 12.8 Å². The highest BCUT2D eigenvalue weighted by molar-refractivity contribution is 5.78. The average Bonchev–Trinajstić information content (AvgIpc) is 2.82. The fourth-order valence-electron chi connectivity index (χ4n) is 2.09. The van der Waals surface area contributed by atoms with E-state index >= 15 is 0 Å².